The predicted octanol–water partition coefficient (Wildman–Crippen LogP) is 2.63. The van der Waals surface area contributed by atoms with Crippen molar-refractivity contribution in [2.45, 2.75) is 49.6 Å². The Morgan fingerprint density at radius 2 is 2.05 bits per heavy atom. The van der Waals surface area contributed by atoms with E-state index in [-0.39, 0.29) is 5.91 Å². The molecule has 1 saturated carbocycles. The fourth-order valence-electron chi connectivity index (χ4n) is 2.34. The second-order valence-corrected chi connectivity index (χ2v) is 6.68. The van der Waals surface area contributed by atoms with E-state index in [0.717, 1.165) is 16.7 Å². The number of hydrogen-bond donors (Lipinski definition) is 1. The first kappa shape index (κ1) is 15.1. The van der Waals surface area contributed by atoms with Gasteiger partial charge in [-0.15, -0.1) is 10.2 Å². The van der Waals surface area contributed by atoms with E-state index < -0.39 is 0 Å². The molecule has 6 heteroatoms. The lowest BCUT2D eigenvalue weighted by atomic mass is 10.2. The van der Waals surface area contributed by atoms with E-state index in [0.29, 0.717) is 18.9 Å². The number of amides is 1. The number of carbonyl (C=O) groups is 1. The first-order valence-electron chi connectivity index (χ1n) is 7.54. The maximum Gasteiger partial charge on any atom is 0.217 e. The monoisotopic (exact) mass is 316 g/mol. The number of hydrogen-bond acceptors (Lipinski definition) is 4. The summed E-state index contributed by atoms with van der Waals surface area (Å²) in [5.41, 5.74) is 7.78. The van der Waals surface area contributed by atoms with E-state index in [2.05, 4.69) is 46.0 Å². The van der Waals surface area contributed by atoms with E-state index in [1.165, 1.54) is 24.0 Å². The Balaban J connectivity index is 1.70. The first-order valence-corrected chi connectivity index (χ1v) is 8.52. The van der Waals surface area contributed by atoms with E-state index in [4.69, 9.17) is 5.73 Å². The predicted molar refractivity (Wildman–Crippen MR) is 86.5 cm³/mol. The van der Waals surface area contributed by atoms with Crippen molar-refractivity contribution in [3.8, 4) is 0 Å². The van der Waals surface area contributed by atoms with Crippen molar-refractivity contribution in [2.75, 3.05) is 0 Å². The molecule has 3 rings (SSSR count). The maximum absolute atomic E-state index is 11.0. The molecule has 0 aliphatic heterocycles. The number of primary amides is 1. The lowest BCUT2D eigenvalue weighted by Crippen LogP contribution is -2.13. The molecule has 2 aromatic rings. The van der Waals surface area contributed by atoms with Gasteiger partial charge >= 0.3 is 0 Å². The highest BCUT2D eigenvalue weighted by molar-refractivity contribution is 7.98. The normalized spacial score (nSPS) is 14.2. The number of carbonyl (C=O) groups excluding carboxylic acids is 1. The maximum atomic E-state index is 11.0. The standard InChI is InChI=1S/C16H20N4OS/c1-11-2-4-12(5-3-11)10-22-16-19-18-15(9-8-14(17)21)20(16)13-6-7-13/h2-5,13H,6-10H2,1H3,(H2,17,21). The van der Waals surface area contributed by atoms with E-state index >= 15 is 0 Å². The zero-order valence-electron chi connectivity index (χ0n) is 12.7. The van der Waals surface area contributed by atoms with Gasteiger partial charge in [0.1, 0.15) is 5.82 Å². The van der Waals surface area contributed by atoms with Crippen LogP contribution in [-0.4, -0.2) is 20.7 Å². The summed E-state index contributed by atoms with van der Waals surface area (Å²) in [5, 5.41) is 9.52. The number of nitrogens with zero attached hydrogens (tertiary/aromatic N) is 3. The summed E-state index contributed by atoms with van der Waals surface area (Å²) in [5.74, 6) is 1.47. The van der Waals surface area contributed by atoms with Crippen LogP contribution in [0.2, 0.25) is 0 Å². The minimum Gasteiger partial charge on any atom is -0.370 e. The van der Waals surface area contributed by atoms with Crippen LogP contribution >= 0.6 is 11.8 Å². The Morgan fingerprint density at radius 1 is 1.32 bits per heavy atom. The molecule has 0 saturated heterocycles. The third-order valence-corrected chi connectivity index (χ3v) is 4.74. The van der Waals surface area contributed by atoms with Gasteiger partial charge in [0.25, 0.3) is 0 Å². The topological polar surface area (TPSA) is 73.8 Å². The molecule has 22 heavy (non-hydrogen) atoms. The zero-order valence-corrected chi connectivity index (χ0v) is 13.5. The molecule has 1 amide bonds. The summed E-state index contributed by atoms with van der Waals surface area (Å²) in [6.07, 6.45) is 3.23. The van der Waals surface area contributed by atoms with Gasteiger partial charge in [-0.25, -0.2) is 0 Å². The Bertz CT molecular complexity index is 661. The fraction of sp³-hybridized carbons (Fsp3) is 0.438. The molecular formula is C16H20N4OS. The van der Waals surface area contributed by atoms with Crippen molar-refractivity contribution in [1.82, 2.24) is 14.8 Å². The summed E-state index contributed by atoms with van der Waals surface area (Å²) in [6.45, 7) is 2.09. The minimum atomic E-state index is -0.292. The average molecular weight is 316 g/mol. The van der Waals surface area contributed by atoms with E-state index in [1.807, 2.05) is 0 Å². The number of rotatable bonds is 7. The molecule has 1 heterocycles. The van der Waals surface area contributed by atoms with Gasteiger partial charge in [0.2, 0.25) is 5.91 Å². The molecular weight excluding hydrogens is 296 g/mol. The summed E-state index contributed by atoms with van der Waals surface area (Å²) in [4.78, 5) is 11.0. The van der Waals surface area contributed by atoms with Crippen LogP contribution in [0.3, 0.4) is 0 Å². The Morgan fingerprint density at radius 3 is 2.68 bits per heavy atom. The summed E-state index contributed by atoms with van der Waals surface area (Å²) in [6, 6.07) is 9.04. The van der Waals surface area contributed by atoms with Crippen molar-refractivity contribution in [3.63, 3.8) is 0 Å². The molecule has 0 bridgehead atoms. The van der Waals surface area contributed by atoms with Crippen LogP contribution < -0.4 is 5.73 Å². The van der Waals surface area contributed by atoms with Gasteiger partial charge < -0.3 is 10.3 Å². The zero-order chi connectivity index (χ0) is 15.5. The molecule has 0 radical (unpaired) electrons. The van der Waals surface area contributed by atoms with E-state index in [9.17, 15) is 4.79 Å². The largest absolute Gasteiger partial charge is 0.370 e. The Labute approximate surface area is 134 Å². The number of benzene rings is 1. The number of thioether (sulfide) groups is 1. The third kappa shape index (κ3) is 3.68. The molecule has 5 nitrogen and oxygen atoms in total. The van der Waals surface area contributed by atoms with Crippen LogP contribution in [0.4, 0.5) is 0 Å². The molecule has 0 atom stereocenters. The highest BCUT2D eigenvalue weighted by Crippen LogP contribution is 2.39. The second kappa shape index (κ2) is 6.52. The molecule has 1 aliphatic rings. The molecule has 1 aliphatic carbocycles. The van der Waals surface area contributed by atoms with Crippen LogP contribution in [0.1, 0.15) is 42.3 Å². The van der Waals surface area contributed by atoms with E-state index in [1.54, 1.807) is 11.8 Å². The van der Waals surface area contributed by atoms with Gasteiger partial charge in [-0.1, -0.05) is 41.6 Å². The van der Waals surface area contributed by atoms with Gasteiger partial charge in [-0.3, -0.25) is 4.79 Å². The third-order valence-electron chi connectivity index (χ3n) is 3.73. The molecule has 2 N–H and O–H groups in total. The lowest BCUT2D eigenvalue weighted by molar-refractivity contribution is -0.118. The Kier molecular flexibility index (Phi) is 4.47. The van der Waals surface area contributed by atoms with Crippen LogP contribution in [0, 0.1) is 6.92 Å². The van der Waals surface area contributed by atoms with Crippen LogP contribution in [-0.2, 0) is 17.0 Å². The van der Waals surface area contributed by atoms with Gasteiger partial charge in [0.05, 0.1) is 0 Å². The SMILES string of the molecule is Cc1ccc(CSc2nnc(CCC(N)=O)n2C2CC2)cc1. The molecule has 1 fully saturated rings. The number of aryl methyl sites for hydroxylation is 2. The Hall–Kier alpha value is -1.82. The minimum absolute atomic E-state index is 0.292. The van der Waals surface area contributed by atoms with Gasteiger partial charge in [-0.2, -0.15) is 0 Å². The lowest BCUT2D eigenvalue weighted by Gasteiger charge is -2.08. The number of nitrogens with two attached hydrogens (primary N) is 1. The van der Waals surface area contributed by atoms with Crippen molar-refractivity contribution in [2.24, 2.45) is 5.73 Å². The first-order chi connectivity index (χ1) is 10.6. The summed E-state index contributed by atoms with van der Waals surface area (Å²) in [7, 11) is 0. The number of aromatic nitrogens is 3. The second-order valence-electron chi connectivity index (χ2n) is 5.74. The van der Waals surface area contributed by atoms with Crippen molar-refractivity contribution in [1.29, 1.82) is 0 Å². The summed E-state index contributed by atoms with van der Waals surface area (Å²) >= 11 is 1.70. The van der Waals surface area contributed by atoms with Gasteiger partial charge in [0, 0.05) is 24.6 Å². The molecule has 0 unspecified atom stereocenters. The average Bonchev–Trinajstić information content (AvgIpc) is 3.25. The van der Waals surface area contributed by atoms with Crippen LogP contribution in [0.25, 0.3) is 0 Å². The smallest absolute Gasteiger partial charge is 0.217 e. The molecule has 1 aromatic carbocycles. The summed E-state index contributed by atoms with van der Waals surface area (Å²) < 4.78 is 2.20. The van der Waals surface area contributed by atoms with Gasteiger partial charge in [0.15, 0.2) is 5.16 Å². The van der Waals surface area contributed by atoms with Gasteiger partial charge in [-0.05, 0) is 25.3 Å². The molecule has 116 valence electrons. The quantitative estimate of drug-likeness (QED) is 0.797. The van der Waals surface area contributed by atoms with Crippen LogP contribution in [0.5, 0.6) is 0 Å². The highest BCUT2D eigenvalue weighted by Gasteiger charge is 2.29. The van der Waals surface area contributed by atoms with Crippen molar-refractivity contribution in [3.05, 3.63) is 41.2 Å². The molecule has 1 aromatic heterocycles. The van der Waals surface area contributed by atoms with Crippen LogP contribution in [0.15, 0.2) is 29.4 Å². The highest BCUT2D eigenvalue weighted by atomic mass is 32.2. The fourth-order valence-corrected chi connectivity index (χ4v) is 3.32. The van der Waals surface area contributed by atoms with Crippen molar-refractivity contribution < 1.29 is 4.79 Å². The van der Waals surface area contributed by atoms with Crippen molar-refractivity contribution >= 4 is 17.7 Å². The molecule has 0 spiro atoms.